The van der Waals surface area contributed by atoms with Crippen LogP contribution in [0.1, 0.15) is 59.8 Å². The molecule has 94 valence electrons. The molecule has 0 aromatic heterocycles. The summed E-state index contributed by atoms with van der Waals surface area (Å²) in [4.78, 5) is 11.7. The molecule has 1 aliphatic rings. The second-order valence-corrected chi connectivity index (χ2v) is 6.06. The average Bonchev–Trinajstić information content (AvgIpc) is 2.21. The third-order valence-corrected chi connectivity index (χ3v) is 4.06. The third kappa shape index (κ3) is 2.97. The van der Waals surface area contributed by atoms with Crippen molar-refractivity contribution in [1.29, 1.82) is 0 Å². The molecular weight excluding hydrogens is 200 g/mol. The summed E-state index contributed by atoms with van der Waals surface area (Å²) in [6, 6.07) is 0.355. The van der Waals surface area contributed by atoms with E-state index in [0.29, 0.717) is 11.5 Å². The Morgan fingerprint density at radius 3 is 2.19 bits per heavy atom. The van der Waals surface area contributed by atoms with Gasteiger partial charge in [-0.3, -0.25) is 4.79 Å². The van der Waals surface area contributed by atoms with Crippen molar-refractivity contribution in [3.05, 3.63) is 0 Å². The number of carbonyl (C=O) groups is 1. The van der Waals surface area contributed by atoms with Crippen molar-refractivity contribution in [3.63, 3.8) is 0 Å². The van der Waals surface area contributed by atoms with Gasteiger partial charge >= 0.3 is 0 Å². The van der Waals surface area contributed by atoms with E-state index in [0.717, 1.165) is 32.1 Å². The van der Waals surface area contributed by atoms with Crippen LogP contribution in [0.2, 0.25) is 0 Å². The molecule has 1 saturated carbocycles. The molecule has 0 radical (unpaired) electrons. The van der Waals surface area contributed by atoms with Crippen LogP contribution >= 0.6 is 0 Å². The molecule has 1 fully saturated rings. The molecule has 3 N–H and O–H groups in total. The summed E-state index contributed by atoms with van der Waals surface area (Å²) in [5.74, 6) is -0.177. The Morgan fingerprint density at radius 1 is 1.31 bits per heavy atom. The number of hydrogen-bond acceptors (Lipinski definition) is 2. The minimum atomic E-state index is -0.453. The summed E-state index contributed by atoms with van der Waals surface area (Å²) in [6.45, 7) is 8.77. The van der Waals surface area contributed by atoms with Crippen LogP contribution in [0, 0.1) is 5.41 Å². The first kappa shape index (κ1) is 13.5. The molecule has 1 aliphatic carbocycles. The van der Waals surface area contributed by atoms with Gasteiger partial charge in [-0.05, 0) is 44.4 Å². The van der Waals surface area contributed by atoms with Crippen molar-refractivity contribution in [2.75, 3.05) is 0 Å². The lowest BCUT2D eigenvalue weighted by molar-refractivity contribution is -0.127. The summed E-state index contributed by atoms with van der Waals surface area (Å²) in [5, 5.41) is 3.44. The van der Waals surface area contributed by atoms with Crippen molar-refractivity contribution in [1.82, 2.24) is 5.32 Å². The van der Waals surface area contributed by atoms with Crippen molar-refractivity contribution >= 4 is 5.91 Å². The molecule has 1 unspecified atom stereocenters. The Hall–Kier alpha value is -0.570. The zero-order valence-electron chi connectivity index (χ0n) is 11.1. The number of rotatable bonds is 4. The number of hydrogen-bond donors (Lipinski definition) is 2. The van der Waals surface area contributed by atoms with Gasteiger partial charge in [0.25, 0.3) is 0 Å². The highest BCUT2D eigenvalue weighted by Crippen LogP contribution is 2.40. The maximum Gasteiger partial charge on any atom is 0.237 e. The van der Waals surface area contributed by atoms with Gasteiger partial charge in [0, 0.05) is 6.04 Å². The maximum absolute atomic E-state index is 11.7. The first-order valence-corrected chi connectivity index (χ1v) is 6.39. The van der Waals surface area contributed by atoms with Crippen molar-refractivity contribution < 1.29 is 4.79 Å². The molecule has 0 saturated heterocycles. The second kappa shape index (κ2) is 4.74. The predicted molar refractivity (Wildman–Crippen MR) is 67.1 cm³/mol. The Balaban J connectivity index is 2.73. The first-order valence-electron chi connectivity index (χ1n) is 6.39. The van der Waals surface area contributed by atoms with E-state index < -0.39 is 5.54 Å². The van der Waals surface area contributed by atoms with Gasteiger partial charge in [-0.25, -0.2) is 0 Å². The smallest absolute Gasteiger partial charge is 0.237 e. The predicted octanol–water partition coefficient (Wildman–Crippen LogP) is 2.20. The maximum atomic E-state index is 11.7. The molecule has 0 aliphatic heterocycles. The summed E-state index contributed by atoms with van der Waals surface area (Å²) < 4.78 is 0. The fourth-order valence-electron chi connectivity index (χ4n) is 2.39. The topological polar surface area (TPSA) is 55.1 Å². The molecule has 3 nitrogen and oxygen atoms in total. The van der Waals surface area contributed by atoms with Crippen LogP contribution in [0.3, 0.4) is 0 Å². The van der Waals surface area contributed by atoms with E-state index in [-0.39, 0.29) is 5.91 Å². The van der Waals surface area contributed by atoms with E-state index in [9.17, 15) is 4.79 Å². The molecule has 16 heavy (non-hydrogen) atoms. The van der Waals surface area contributed by atoms with Gasteiger partial charge in [-0.1, -0.05) is 20.8 Å². The van der Waals surface area contributed by atoms with Crippen LogP contribution in [0.25, 0.3) is 0 Å². The quantitative estimate of drug-likeness (QED) is 0.772. The monoisotopic (exact) mass is 226 g/mol. The van der Waals surface area contributed by atoms with Gasteiger partial charge in [0.2, 0.25) is 5.91 Å². The van der Waals surface area contributed by atoms with Gasteiger partial charge in [0.15, 0.2) is 0 Å². The zero-order chi connectivity index (χ0) is 12.4. The molecule has 0 aromatic rings. The molecule has 0 spiro atoms. The lowest BCUT2D eigenvalue weighted by Crippen LogP contribution is -2.60. The van der Waals surface area contributed by atoms with Crippen LogP contribution in [0.15, 0.2) is 0 Å². The highest BCUT2D eigenvalue weighted by atomic mass is 16.1. The summed E-state index contributed by atoms with van der Waals surface area (Å²) >= 11 is 0. The number of carbonyl (C=O) groups excluding carboxylic acids is 1. The molecule has 1 amide bonds. The van der Waals surface area contributed by atoms with E-state index in [4.69, 9.17) is 5.73 Å². The molecule has 0 aromatic carbocycles. The van der Waals surface area contributed by atoms with Gasteiger partial charge in [0.05, 0.1) is 5.54 Å². The molecule has 3 heteroatoms. The number of primary amides is 1. The fraction of sp³-hybridized carbons (Fsp3) is 0.923. The average molecular weight is 226 g/mol. The molecule has 0 heterocycles. The third-order valence-electron chi connectivity index (χ3n) is 4.06. The number of nitrogens with one attached hydrogen (secondary N) is 1. The Morgan fingerprint density at radius 2 is 1.81 bits per heavy atom. The number of amides is 1. The Kier molecular flexibility index (Phi) is 4.00. The van der Waals surface area contributed by atoms with Crippen molar-refractivity contribution in [3.8, 4) is 0 Å². The van der Waals surface area contributed by atoms with Crippen molar-refractivity contribution in [2.24, 2.45) is 11.1 Å². The van der Waals surface area contributed by atoms with Gasteiger partial charge in [-0.15, -0.1) is 0 Å². The van der Waals surface area contributed by atoms with E-state index in [1.165, 1.54) is 0 Å². The van der Waals surface area contributed by atoms with Crippen LogP contribution < -0.4 is 11.1 Å². The Bertz CT molecular complexity index is 251. The van der Waals surface area contributed by atoms with Gasteiger partial charge < -0.3 is 11.1 Å². The lowest BCUT2D eigenvalue weighted by atomic mass is 9.69. The molecule has 1 atom stereocenters. The fourth-order valence-corrected chi connectivity index (χ4v) is 2.39. The highest BCUT2D eigenvalue weighted by Gasteiger charge is 2.42. The summed E-state index contributed by atoms with van der Waals surface area (Å²) in [7, 11) is 0. The summed E-state index contributed by atoms with van der Waals surface area (Å²) in [5.41, 5.74) is 5.50. The van der Waals surface area contributed by atoms with Gasteiger partial charge in [0.1, 0.15) is 0 Å². The highest BCUT2D eigenvalue weighted by molar-refractivity contribution is 5.84. The van der Waals surface area contributed by atoms with Gasteiger partial charge in [-0.2, -0.15) is 0 Å². The lowest BCUT2D eigenvalue weighted by Gasteiger charge is -2.43. The Labute approximate surface area is 99.2 Å². The minimum Gasteiger partial charge on any atom is -0.368 e. The van der Waals surface area contributed by atoms with Crippen molar-refractivity contribution in [2.45, 2.75) is 71.4 Å². The second-order valence-electron chi connectivity index (χ2n) is 6.06. The zero-order valence-corrected chi connectivity index (χ0v) is 11.1. The summed E-state index contributed by atoms with van der Waals surface area (Å²) in [6.07, 6.45) is 4.91. The number of nitrogens with two attached hydrogens (primary N) is 1. The van der Waals surface area contributed by atoms with E-state index in [2.05, 4.69) is 33.0 Å². The van der Waals surface area contributed by atoms with E-state index in [1.54, 1.807) is 0 Å². The van der Waals surface area contributed by atoms with Crippen LogP contribution in [0.4, 0.5) is 0 Å². The molecule has 1 rings (SSSR count). The van der Waals surface area contributed by atoms with Crippen LogP contribution in [-0.4, -0.2) is 17.5 Å². The largest absolute Gasteiger partial charge is 0.368 e. The van der Waals surface area contributed by atoms with E-state index in [1.807, 2.05) is 0 Å². The van der Waals surface area contributed by atoms with Crippen LogP contribution in [0.5, 0.6) is 0 Å². The standard InChI is InChI=1S/C13H26N2O/c1-5-10(2)15-13(11(14)16)8-6-12(3,4)7-9-13/h10,15H,5-9H2,1-4H3,(H2,14,16). The molecule has 0 bridgehead atoms. The van der Waals surface area contributed by atoms with Crippen LogP contribution in [-0.2, 0) is 4.79 Å². The first-order chi connectivity index (χ1) is 7.31. The van der Waals surface area contributed by atoms with E-state index >= 15 is 0 Å². The minimum absolute atomic E-state index is 0.177. The molecular formula is C13H26N2O. The normalized spacial score (nSPS) is 25.0. The SMILES string of the molecule is CCC(C)NC1(C(N)=O)CCC(C)(C)CC1.